The molecule has 2 unspecified atom stereocenters. The zero-order chi connectivity index (χ0) is 11.7. The van der Waals surface area contributed by atoms with Gasteiger partial charge in [0, 0.05) is 44.8 Å². The molecule has 2 amide bonds. The number of carbonyl (C=O) groups is 1. The Bertz CT molecular complexity index is 296. The Morgan fingerprint density at radius 3 is 3.06 bits per heavy atom. The molecule has 3 rings (SSSR count). The number of rotatable bonds is 4. The minimum atomic E-state index is 0.0979. The second-order valence-electron chi connectivity index (χ2n) is 5.31. The van der Waals surface area contributed by atoms with E-state index in [0.717, 1.165) is 32.2 Å². The maximum atomic E-state index is 11.4. The smallest absolute Gasteiger partial charge is 0.317 e. The van der Waals surface area contributed by atoms with Crippen LogP contribution in [0.5, 0.6) is 0 Å². The summed E-state index contributed by atoms with van der Waals surface area (Å²) in [5, 5.41) is 6.47. The van der Waals surface area contributed by atoms with Gasteiger partial charge in [-0.15, -0.1) is 0 Å². The summed E-state index contributed by atoms with van der Waals surface area (Å²) in [6, 6.07) is 1.52. The Morgan fingerprint density at radius 2 is 2.24 bits per heavy atom. The van der Waals surface area contributed by atoms with E-state index in [4.69, 9.17) is 0 Å². The highest BCUT2D eigenvalue weighted by Gasteiger charge is 2.36. The summed E-state index contributed by atoms with van der Waals surface area (Å²) < 4.78 is 0. The molecule has 96 valence electrons. The Balaban J connectivity index is 1.41. The standard InChI is InChI=1S/C12H22N4O/c17-12-14-5-9-16(12)8-4-13-10-3-7-15-6-1-2-11(10)15/h10-11,13H,1-9H2,(H,14,17). The topological polar surface area (TPSA) is 47.6 Å². The number of nitrogens with zero attached hydrogens (tertiary/aromatic N) is 2. The molecule has 17 heavy (non-hydrogen) atoms. The zero-order valence-electron chi connectivity index (χ0n) is 10.3. The lowest BCUT2D eigenvalue weighted by Gasteiger charge is -2.22. The number of nitrogens with one attached hydrogen (secondary N) is 2. The van der Waals surface area contributed by atoms with E-state index >= 15 is 0 Å². The van der Waals surface area contributed by atoms with Gasteiger partial charge < -0.3 is 15.5 Å². The van der Waals surface area contributed by atoms with Crippen molar-refractivity contribution in [3.63, 3.8) is 0 Å². The Hall–Kier alpha value is -0.810. The average molecular weight is 238 g/mol. The Labute approximate surface area is 103 Å². The molecule has 0 radical (unpaired) electrons. The predicted octanol–water partition coefficient (Wildman–Crippen LogP) is -0.162. The number of amides is 2. The van der Waals surface area contributed by atoms with Crippen molar-refractivity contribution in [3.8, 4) is 0 Å². The summed E-state index contributed by atoms with van der Waals surface area (Å²) >= 11 is 0. The Morgan fingerprint density at radius 1 is 1.29 bits per heavy atom. The van der Waals surface area contributed by atoms with Gasteiger partial charge in [-0.1, -0.05) is 0 Å². The van der Waals surface area contributed by atoms with Crippen molar-refractivity contribution < 1.29 is 4.79 Å². The highest BCUT2D eigenvalue weighted by molar-refractivity contribution is 5.76. The highest BCUT2D eigenvalue weighted by atomic mass is 16.2. The molecule has 3 fully saturated rings. The van der Waals surface area contributed by atoms with Gasteiger partial charge in [-0.2, -0.15) is 0 Å². The molecular formula is C12H22N4O. The molecule has 0 spiro atoms. The molecule has 5 heteroatoms. The van der Waals surface area contributed by atoms with E-state index in [1.807, 2.05) is 4.90 Å². The third-order valence-electron chi connectivity index (χ3n) is 4.34. The fourth-order valence-electron chi connectivity index (χ4n) is 3.43. The van der Waals surface area contributed by atoms with E-state index in [-0.39, 0.29) is 6.03 Å². The summed E-state index contributed by atoms with van der Waals surface area (Å²) in [5.41, 5.74) is 0. The minimum absolute atomic E-state index is 0.0979. The number of carbonyl (C=O) groups excluding carboxylic acids is 1. The fraction of sp³-hybridized carbons (Fsp3) is 0.917. The summed E-state index contributed by atoms with van der Waals surface area (Å²) in [5.74, 6) is 0. The maximum Gasteiger partial charge on any atom is 0.317 e. The molecule has 2 N–H and O–H groups in total. The molecule has 3 saturated heterocycles. The van der Waals surface area contributed by atoms with Crippen molar-refractivity contribution in [1.82, 2.24) is 20.4 Å². The van der Waals surface area contributed by atoms with Crippen LogP contribution >= 0.6 is 0 Å². The molecule has 2 atom stereocenters. The van der Waals surface area contributed by atoms with Gasteiger partial charge in [0.2, 0.25) is 0 Å². The molecule has 0 aliphatic carbocycles. The van der Waals surface area contributed by atoms with E-state index < -0.39 is 0 Å². The van der Waals surface area contributed by atoms with E-state index in [9.17, 15) is 4.79 Å². The van der Waals surface area contributed by atoms with Gasteiger partial charge in [0.25, 0.3) is 0 Å². The first-order valence-electron chi connectivity index (χ1n) is 6.85. The summed E-state index contributed by atoms with van der Waals surface area (Å²) in [4.78, 5) is 15.9. The van der Waals surface area contributed by atoms with Gasteiger partial charge in [0.05, 0.1) is 0 Å². The molecular weight excluding hydrogens is 216 g/mol. The van der Waals surface area contributed by atoms with Gasteiger partial charge in [-0.25, -0.2) is 4.79 Å². The van der Waals surface area contributed by atoms with Crippen LogP contribution in [-0.2, 0) is 0 Å². The number of hydrogen-bond donors (Lipinski definition) is 2. The number of urea groups is 1. The highest BCUT2D eigenvalue weighted by Crippen LogP contribution is 2.27. The van der Waals surface area contributed by atoms with Crippen LogP contribution < -0.4 is 10.6 Å². The third kappa shape index (κ3) is 2.26. The first-order valence-corrected chi connectivity index (χ1v) is 6.85. The summed E-state index contributed by atoms with van der Waals surface area (Å²) in [7, 11) is 0. The first-order chi connectivity index (χ1) is 8.34. The molecule has 0 aromatic heterocycles. The van der Waals surface area contributed by atoms with E-state index in [0.29, 0.717) is 6.04 Å². The molecule has 3 heterocycles. The van der Waals surface area contributed by atoms with Crippen LogP contribution in [0.15, 0.2) is 0 Å². The monoisotopic (exact) mass is 238 g/mol. The number of fused-ring (bicyclic) bond motifs is 1. The van der Waals surface area contributed by atoms with Crippen LogP contribution in [-0.4, -0.2) is 67.2 Å². The molecule has 5 nitrogen and oxygen atoms in total. The predicted molar refractivity (Wildman–Crippen MR) is 66.0 cm³/mol. The molecule has 0 saturated carbocycles. The van der Waals surface area contributed by atoms with Crippen molar-refractivity contribution in [1.29, 1.82) is 0 Å². The van der Waals surface area contributed by atoms with Gasteiger partial charge in [0.1, 0.15) is 0 Å². The fourth-order valence-corrected chi connectivity index (χ4v) is 3.43. The molecule has 0 aromatic carbocycles. The van der Waals surface area contributed by atoms with Crippen LogP contribution in [0.2, 0.25) is 0 Å². The molecule has 0 bridgehead atoms. The third-order valence-corrected chi connectivity index (χ3v) is 4.34. The quantitative estimate of drug-likeness (QED) is 0.715. The lowest BCUT2D eigenvalue weighted by molar-refractivity contribution is 0.216. The van der Waals surface area contributed by atoms with Gasteiger partial charge in [0.15, 0.2) is 0 Å². The van der Waals surface area contributed by atoms with Crippen molar-refractivity contribution in [3.05, 3.63) is 0 Å². The van der Waals surface area contributed by atoms with E-state index in [1.165, 1.54) is 32.4 Å². The lowest BCUT2D eigenvalue weighted by Crippen LogP contribution is -2.43. The van der Waals surface area contributed by atoms with Crippen molar-refractivity contribution in [2.75, 3.05) is 39.3 Å². The van der Waals surface area contributed by atoms with Crippen LogP contribution in [0.4, 0.5) is 4.79 Å². The zero-order valence-corrected chi connectivity index (χ0v) is 10.3. The minimum Gasteiger partial charge on any atom is -0.336 e. The average Bonchev–Trinajstić information content (AvgIpc) is 2.98. The van der Waals surface area contributed by atoms with Crippen molar-refractivity contribution in [2.24, 2.45) is 0 Å². The first kappa shape index (κ1) is 11.3. The van der Waals surface area contributed by atoms with E-state index in [1.54, 1.807) is 0 Å². The SMILES string of the molecule is O=C1NCCN1CCNC1CCN2CCCC12. The Kier molecular flexibility index (Phi) is 3.20. The van der Waals surface area contributed by atoms with Crippen LogP contribution in [0, 0.1) is 0 Å². The van der Waals surface area contributed by atoms with Crippen molar-refractivity contribution in [2.45, 2.75) is 31.3 Å². The summed E-state index contributed by atoms with van der Waals surface area (Å²) in [6.45, 7) is 5.99. The largest absolute Gasteiger partial charge is 0.336 e. The van der Waals surface area contributed by atoms with E-state index in [2.05, 4.69) is 15.5 Å². The summed E-state index contributed by atoms with van der Waals surface area (Å²) in [6.07, 6.45) is 3.98. The van der Waals surface area contributed by atoms with Crippen LogP contribution in [0.3, 0.4) is 0 Å². The molecule has 3 aliphatic rings. The lowest BCUT2D eigenvalue weighted by atomic mass is 10.1. The second kappa shape index (κ2) is 4.82. The van der Waals surface area contributed by atoms with Gasteiger partial charge in [-0.05, 0) is 25.8 Å². The number of hydrogen-bond acceptors (Lipinski definition) is 3. The van der Waals surface area contributed by atoms with Crippen LogP contribution in [0.25, 0.3) is 0 Å². The van der Waals surface area contributed by atoms with Gasteiger partial charge in [-0.3, -0.25) is 4.90 Å². The van der Waals surface area contributed by atoms with Crippen LogP contribution in [0.1, 0.15) is 19.3 Å². The normalized spacial score (nSPS) is 33.2. The van der Waals surface area contributed by atoms with Crippen molar-refractivity contribution >= 4 is 6.03 Å². The van der Waals surface area contributed by atoms with Gasteiger partial charge >= 0.3 is 6.03 Å². The maximum absolute atomic E-state index is 11.4. The second-order valence-corrected chi connectivity index (χ2v) is 5.31. The molecule has 0 aromatic rings. The molecule has 3 aliphatic heterocycles.